The zero-order chi connectivity index (χ0) is 28.5. The van der Waals surface area contributed by atoms with E-state index in [1.807, 2.05) is 12.1 Å². The normalized spacial score (nSPS) is 11.5. The zero-order valence-corrected chi connectivity index (χ0v) is 22.5. The molecule has 0 bridgehead atoms. The molecular formula is C30H18Cl2N4O5. The molecule has 6 rings (SSSR count). The van der Waals surface area contributed by atoms with E-state index >= 15 is 0 Å². The van der Waals surface area contributed by atoms with Crippen molar-refractivity contribution in [3.8, 4) is 17.3 Å². The van der Waals surface area contributed by atoms with Crippen molar-refractivity contribution >= 4 is 57.0 Å². The number of ether oxygens (including phenoxy) is 1. The summed E-state index contributed by atoms with van der Waals surface area (Å²) in [6, 6.07) is 25.0. The quantitative estimate of drug-likeness (QED) is 0.109. The van der Waals surface area contributed by atoms with Gasteiger partial charge < -0.3 is 9.15 Å². The highest BCUT2D eigenvalue weighted by Crippen LogP contribution is 2.30. The fraction of sp³-hybridized carbons (Fsp3) is 0.0333. The summed E-state index contributed by atoms with van der Waals surface area (Å²) in [4.78, 5) is 29.3. The van der Waals surface area contributed by atoms with Crippen LogP contribution in [-0.4, -0.2) is 20.8 Å². The molecule has 41 heavy (non-hydrogen) atoms. The van der Waals surface area contributed by atoms with E-state index in [-0.39, 0.29) is 29.4 Å². The summed E-state index contributed by atoms with van der Waals surface area (Å²) in [5, 5.41) is 18.1. The van der Waals surface area contributed by atoms with Gasteiger partial charge in [-0.15, -0.1) is 0 Å². The minimum absolute atomic E-state index is 0.114. The Balaban J connectivity index is 1.47. The van der Waals surface area contributed by atoms with Gasteiger partial charge in [-0.25, -0.2) is 4.98 Å². The predicted octanol–water partition coefficient (Wildman–Crippen LogP) is 7.49. The first-order valence-electron chi connectivity index (χ1n) is 12.3. The number of hydrogen-bond donors (Lipinski definition) is 0. The lowest BCUT2D eigenvalue weighted by Crippen LogP contribution is -2.20. The summed E-state index contributed by atoms with van der Waals surface area (Å²) >= 11 is 12.4. The van der Waals surface area contributed by atoms with Crippen LogP contribution in [0.15, 0.2) is 105 Å². The van der Waals surface area contributed by atoms with Crippen LogP contribution in [-0.2, 0) is 6.61 Å². The highest BCUT2D eigenvalue weighted by molar-refractivity contribution is 6.31. The molecule has 0 radical (unpaired) electrons. The van der Waals surface area contributed by atoms with Gasteiger partial charge >= 0.3 is 0 Å². The Morgan fingerprint density at radius 2 is 1.80 bits per heavy atom. The van der Waals surface area contributed by atoms with Crippen molar-refractivity contribution in [1.29, 1.82) is 0 Å². The number of furan rings is 1. The molecule has 9 nitrogen and oxygen atoms in total. The molecule has 0 amide bonds. The molecule has 4 aromatic carbocycles. The molecule has 0 saturated carbocycles. The Hall–Kier alpha value is -4.99. The van der Waals surface area contributed by atoms with Crippen LogP contribution < -0.4 is 10.3 Å². The lowest BCUT2D eigenvalue weighted by atomic mass is 10.2. The third-order valence-corrected chi connectivity index (χ3v) is 6.91. The van der Waals surface area contributed by atoms with E-state index in [2.05, 4.69) is 10.1 Å². The van der Waals surface area contributed by atoms with E-state index in [9.17, 15) is 14.9 Å². The van der Waals surface area contributed by atoms with Crippen molar-refractivity contribution in [2.75, 3.05) is 0 Å². The standard InChI is InChI=1S/C30H18Cl2N4O5/c31-21-9-11-27-19(13-21)15-28(41-27)29-34-25-8-4-2-6-23(25)30(37)35(29)33-16-20-14-22(36(38)39)10-12-26(20)40-17-18-5-1-3-7-24(18)32/h1-16H,17H2. The molecular weight excluding hydrogens is 567 g/mol. The van der Waals surface area contributed by atoms with Gasteiger partial charge in [0.2, 0.25) is 5.82 Å². The molecule has 0 aliphatic rings. The van der Waals surface area contributed by atoms with Crippen LogP contribution in [0.3, 0.4) is 0 Å². The third-order valence-electron chi connectivity index (χ3n) is 6.31. The maximum atomic E-state index is 13.6. The average molecular weight is 585 g/mol. The third kappa shape index (κ3) is 5.28. The van der Waals surface area contributed by atoms with Gasteiger partial charge in [0.15, 0.2) is 5.76 Å². The fourth-order valence-corrected chi connectivity index (χ4v) is 4.66. The number of benzene rings is 4. The molecule has 0 saturated heterocycles. The number of nitrogens with zero attached hydrogens (tertiary/aromatic N) is 4. The van der Waals surface area contributed by atoms with Crippen LogP contribution in [0.5, 0.6) is 5.75 Å². The molecule has 0 atom stereocenters. The van der Waals surface area contributed by atoms with E-state index in [1.165, 1.54) is 24.4 Å². The topological polar surface area (TPSA) is 113 Å². The van der Waals surface area contributed by atoms with Gasteiger partial charge in [-0.1, -0.05) is 53.5 Å². The van der Waals surface area contributed by atoms with Crippen LogP contribution in [0.25, 0.3) is 33.5 Å². The largest absolute Gasteiger partial charge is 0.488 e. The van der Waals surface area contributed by atoms with Crippen LogP contribution in [0.2, 0.25) is 10.0 Å². The van der Waals surface area contributed by atoms with Gasteiger partial charge in [-0.2, -0.15) is 9.78 Å². The number of non-ortho nitro benzene ring substituents is 1. The van der Waals surface area contributed by atoms with Crippen LogP contribution >= 0.6 is 23.2 Å². The maximum Gasteiger partial charge on any atom is 0.282 e. The lowest BCUT2D eigenvalue weighted by molar-refractivity contribution is -0.384. The molecule has 202 valence electrons. The lowest BCUT2D eigenvalue weighted by Gasteiger charge is -2.11. The highest BCUT2D eigenvalue weighted by atomic mass is 35.5. The fourth-order valence-electron chi connectivity index (χ4n) is 4.29. The minimum Gasteiger partial charge on any atom is -0.488 e. The summed E-state index contributed by atoms with van der Waals surface area (Å²) in [7, 11) is 0. The molecule has 11 heteroatoms. The molecule has 0 spiro atoms. The smallest absolute Gasteiger partial charge is 0.282 e. The molecule has 0 N–H and O–H groups in total. The molecule has 0 fully saturated rings. The molecule has 0 aliphatic heterocycles. The van der Waals surface area contributed by atoms with Gasteiger partial charge in [0.1, 0.15) is 17.9 Å². The number of nitro groups is 1. The van der Waals surface area contributed by atoms with Crippen molar-refractivity contribution < 1.29 is 14.1 Å². The first-order valence-corrected chi connectivity index (χ1v) is 13.0. The van der Waals surface area contributed by atoms with Gasteiger partial charge in [0.25, 0.3) is 11.2 Å². The second-order valence-corrected chi connectivity index (χ2v) is 9.81. The first-order chi connectivity index (χ1) is 19.9. The number of hydrogen-bond acceptors (Lipinski definition) is 7. The zero-order valence-electron chi connectivity index (χ0n) is 21.0. The van der Waals surface area contributed by atoms with Crippen LogP contribution in [0, 0.1) is 10.1 Å². The van der Waals surface area contributed by atoms with E-state index < -0.39 is 10.5 Å². The number of aromatic nitrogens is 2. The van der Waals surface area contributed by atoms with E-state index in [4.69, 9.17) is 32.4 Å². The number of rotatable bonds is 7. The predicted molar refractivity (Wildman–Crippen MR) is 158 cm³/mol. The Labute approximate surface area is 242 Å². The van der Waals surface area contributed by atoms with Gasteiger partial charge in [-0.05, 0) is 48.5 Å². The van der Waals surface area contributed by atoms with E-state index in [0.29, 0.717) is 32.3 Å². The Morgan fingerprint density at radius 1 is 1.00 bits per heavy atom. The number of halogens is 2. The minimum atomic E-state index is -0.524. The molecule has 6 aromatic rings. The Bertz CT molecular complexity index is 2050. The Kier molecular flexibility index (Phi) is 6.96. The monoisotopic (exact) mass is 584 g/mol. The average Bonchev–Trinajstić information content (AvgIpc) is 3.39. The van der Waals surface area contributed by atoms with E-state index in [0.717, 1.165) is 15.6 Å². The summed E-state index contributed by atoms with van der Waals surface area (Å²) in [6.07, 6.45) is 1.32. The number of para-hydroxylation sites is 1. The summed E-state index contributed by atoms with van der Waals surface area (Å²) in [6.45, 7) is 0.114. The number of fused-ring (bicyclic) bond motifs is 2. The van der Waals surface area contributed by atoms with Crippen LogP contribution in [0.4, 0.5) is 5.69 Å². The maximum absolute atomic E-state index is 13.6. The second kappa shape index (κ2) is 10.9. The van der Waals surface area contributed by atoms with Crippen LogP contribution in [0.1, 0.15) is 11.1 Å². The van der Waals surface area contributed by atoms with E-state index in [1.54, 1.807) is 60.7 Å². The summed E-state index contributed by atoms with van der Waals surface area (Å²) in [5.41, 5.74) is 1.39. The van der Waals surface area contributed by atoms with Crippen molar-refractivity contribution in [1.82, 2.24) is 9.66 Å². The van der Waals surface area contributed by atoms with Gasteiger partial charge in [-0.3, -0.25) is 14.9 Å². The summed E-state index contributed by atoms with van der Waals surface area (Å²) < 4.78 is 13.1. The molecule has 2 heterocycles. The molecule has 0 aliphatic carbocycles. The van der Waals surface area contributed by atoms with Gasteiger partial charge in [0, 0.05) is 38.7 Å². The number of nitro benzene ring substituents is 1. The first kappa shape index (κ1) is 26.2. The SMILES string of the molecule is O=c1c2ccccc2nc(-c2cc3cc(Cl)ccc3o2)n1N=Cc1cc([N+](=O)[O-])ccc1OCc1ccccc1Cl. The Morgan fingerprint density at radius 3 is 2.63 bits per heavy atom. The second-order valence-electron chi connectivity index (χ2n) is 8.97. The van der Waals surface area contributed by atoms with Crippen molar-refractivity contribution in [2.24, 2.45) is 5.10 Å². The van der Waals surface area contributed by atoms with Gasteiger partial charge in [0.05, 0.1) is 22.0 Å². The van der Waals surface area contributed by atoms with Crippen molar-refractivity contribution in [2.45, 2.75) is 6.61 Å². The van der Waals surface area contributed by atoms with Crippen molar-refractivity contribution in [3.63, 3.8) is 0 Å². The molecule has 2 aromatic heterocycles. The van der Waals surface area contributed by atoms with Crippen molar-refractivity contribution in [3.05, 3.63) is 133 Å². The summed E-state index contributed by atoms with van der Waals surface area (Å²) in [5.74, 6) is 0.735. The molecule has 0 unspecified atom stereocenters. The highest BCUT2D eigenvalue weighted by Gasteiger charge is 2.18.